The minimum atomic E-state index is -0.00571. The number of hydrogen-bond acceptors (Lipinski definition) is 3. The van der Waals surface area contributed by atoms with E-state index in [0.717, 1.165) is 48.6 Å². The van der Waals surface area contributed by atoms with Gasteiger partial charge in [0.1, 0.15) is 18.1 Å². The van der Waals surface area contributed by atoms with E-state index >= 15 is 0 Å². The summed E-state index contributed by atoms with van der Waals surface area (Å²) in [5.74, 6) is 1.69. The number of rotatable bonds is 5. The molecule has 0 aliphatic carbocycles. The Morgan fingerprint density at radius 3 is 2.41 bits per heavy atom. The van der Waals surface area contributed by atoms with Crippen molar-refractivity contribution in [2.75, 3.05) is 20.2 Å². The van der Waals surface area contributed by atoms with Gasteiger partial charge in [0.2, 0.25) is 0 Å². The third-order valence-corrected chi connectivity index (χ3v) is 5.00. The van der Waals surface area contributed by atoms with E-state index in [4.69, 9.17) is 9.47 Å². The van der Waals surface area contributed by atoms with Gasteiger partial charge in [-0.05, 0) is 48.1 Å². The summed E-state index contributed by atoms with van der Waals surface area (Å²) < 4.78 is 11.6. The summed E-state index contributed by atoms with van der Waals surface area (Å²) in [5.41, 5.74) is 2.73. The Hall–Kier alpha value is -2.49. The molecule has 2 aromatic carbocycles. The van der Waals surface area contributed by atoms with E-state index in [9.17, 15) is 4.79 Å². The molecule has 4 heteroatoms. The number of carbonyl (C=O) groups excluding carboxylic acids is 1. The van der Waals surface area contributed by atoms with Crippen LogP contribution in [0.5, 0.6) is 11.5 Å². The molecule has 0 radical (unpaired) electrons. The quantitative estimate of drug-likeness (QED) is 0.761. The largest absolute Gasteiger partial charge is 0.496 e. The Morgan fingerprint density at radius 1 is 1.04 bits per heavy atom. The van der Waals surface area contributed by atoms with Gasteiger partial charge in [-0.2, -0.15) is 0 Å². The molecule has 1 saturated heterocycles. The first-order valence-electron chi connectivity index (χ1n) is 9.58. The van der Waals surface area contributed by atoms with Gasteiger partial charge >= 0.3 is 0 Å². The molecule has 144 valence electrons. The van der Waals surface area contributed by atoms with Gasteiger partial charge in [-0.1, -0.05) is 39.0 Å². The highest BCUT2D eigenvalue weighted by Crippen LogP contribution is 2.32. The van der Waals surface area contributed by atoms with Crippen molar-refractivity contribution in [3.63, 3.8) is 0 Å². The topological polar surface area (TPSA) is 38.8 Å². The lowest BCUT2D eigenvalue weighted by Gasteiger charge is -2.23. The standard InChI is InChI=1S/C23H29NO3/c1-23(2,3)19-9-5-6-10-21(19)27-16-18-15-17(11-12-20(18)26-4)22(25)24-13-7-8-14-24/h5-6,9-12,15H,7-8,13-14,16H2,1-4H3. The maximum atomic E-state index is 12.7. The predicted molar refractivity (Wildman–Crippen MR) is 108 cm³/mol. The molecule has 0 aromatic heterocycles. The van der Waals surface area contributed by atoms with Crippen molar-refractivity contribution >= 4 is 5.91 Å². The third kappa shape index (κ3) is 4.44. The number of likely N-dealkylation sites (tertiary alicyclic amines) is 1. The number of amides is 1. The van der Waals surface area contributed by atoms with Gasteiger partial charge in [0, 0.05) is 24.2 Å². The smallest absolute Gasteiger partial charge is 0.253 e. The molecule has 0 unspecified atom stereocenters. The normalized spacial score (nSPS) is 14.3. The fourth-order valence-corrected chi connectivity index (χ4v) is 3.49. The van der Waals surface area contributed by atoms with E-state index in [2.05, 4.69) is 26.8 Å². The summed E-state index contributed by atoms with van der Waals surface area (Å²) in [6.07, 6.45) is 2.17. The fraction of sp³-hybridized carbons (Fsp3) is 0.435. The minimum Gasteiger partial charge on any atom is -0.496 e. The Balaban J connectivity index is 1.82. The molecular formula is C23H29NO3. The molecule has 4 nitrogen and oxygen atoms in total. The molecular weight excluding hydrogens is 338 g/mol. The summed E-state index contributed by atoms with van der Waals surface area (Å²) in [4.78, 5) is 14.6. The van der Waals surface area contributed by atoms with Gasteiger partial charge in [0.15, 0.2) is 0 Å². The highest BCUT2D eigenvalue weighted by molar-refractivity contribution is 5.94. The molecule has 0 saturated carbocycles. The number of nitrogens with zero attached hydrogens (tertiary/aromatic N) is 1. The molecule has 0 bridgehead atoms. The molecule has 0 N–H and O–H groups in total. The second kappa shape index (κ2) is 8.03. The van der Waals surface area contributed by atoms with Gasteiger partial charge in [0.05, 0.1) is 7.11 Å². The minimum absolute atomic E-state index is 0.00571. The Morgan fingerprint density at radius 2 is 1.74 bits per heavy atom. The zero-order valence-corrected chi connectivity index (χ0v) is 16.7. The first-order chi connectivity index (χ1) is 12.9. The molecule has 1 amide bonds. The summed E-state index contributed by atoms with van der Waals surface area (Å²) >= 11 is 0. The van der Waals surface area contributed by atoms with Crippen molar-refractivity contribution in [2.24, 2.45) is 0 Å². The van der Waals surface area contributed by atoms with Gasteiger partial charge in [-0.25, -0.2) is 0 Å². The molecule has 0 spiro atoms. The zero-order valence-electron chi connectivity index (χ0n) is 16.7. The van der Waals surface area contributed by atoms with Crippen LogP contribution in [0.3, 0.4) is 0 Å². The molecule has 2 aromatic rings. The first kappa shape index (κ1) is 19.3. The van der Waals surface area contributed by atoms with Gasteiger partial charge < -0.3 is 14.4 Å². The monoisotopic (exact) mass is 367 g/mol. The summed E-state index contributed by atoms with van der Waals surface area (Å²) in [5, 5.41) is 0. The predicted octanol–water partition coefficient (Wildman–Crippen LogP) is 4.81. The van der Waals surface area contributed by atoms with Crippen LogP contribution in [0.1, 0.15) is 55.1 Å². The van der Waals surface area contributed by atoms with E-state index in [1.165, 1.54) is 0 Å². The third-order valence-electron chi connectivity index (χ3n) is 5.00. The molecule has 1 heterocycles. The zero-order chi connectivity index (χ0) is 19.4. The van der Waals surface area contributed by atoms with E-state index in [1.807, 2.05) is 41.3 Å². The number of hydrogen-bond donors (Lipinski definition) is 0. The number of carbonyl (C=O) groups is 1. The summed E-state index contributed by atoms with van der Waals surface area (Å²) in [6, 6.07) is 13.7. The van der Waals surface area contributed by atoms with E-state index in [0.29, 0.717) is 12.2 Å². The number of ether oxygens (including phenoxy) is 2. The van der Waals surface area contributed by atoms with Crippen LogP contribution in [0.4, 0.5) is 0 Å². The molecule has 1 aliphatic heterocycles. The highest BCUT2D eigenvalue weighted by Gasteiger charge is 2.21. The Labute approximate surface area is 162 Å². The van der Waals surface area contributed by atoms with Crippen molar-refractivity contribution in [1.29, 1.82) is 0 Å². The lowest BCUT2D eigenvalue weighted by molar-refractivity contribution is 0.0792. The van der Waals surface area contributed by atoms with Crippen LogP contribution in [0.2, 0.25) is 0 Å². The lowest BCUT2D eigenvalue weighted by Crippen LogP contribution is -2.27. The summed E-state index contributed by atoms with van der Waals surface area (Å²) in [6.45, 7) is 8.56. The van der Waals surface area contributed by atoms with Crippen molar-refractivity contribution in [1.82, 2.24) is 4.90 Å². The van der Waals surface area contributed by atoms with Crippen molar-refractivity contribution < 1.29 is 14.3 Å². The average molecular weight is 367 g/mol. The SMILES string of the molecule is COc1ccc(C(=O)N2CCCC2)cc1COc1ccccc1C(C)(C)C. The molecule has 3 rings (SSSR count). The van der Waals surface area contributed by atoms with Crippen LogP contribution in [-0.2, 0) is 12.0 Å². The number of methoxy groups -OCH3 is 1. The van der Waals surface area contributed by atoms with Crippen LogP contribution in [0.15, 0.2) is 42.5 Å². The molecule has 1 aliphatic rings. The van der Waals surface area contributed by atoms with E-state index in [-0.39, 0.29) is 11.3 Å². The van der Waals surface area contributed by atoms with Crippen LogP contribution < -0.4 is 9.47 Å². The van der Waals surface area contributed by atoms with E-state index in [1.54, 1.807) is 7.11 Å². The second-order valence-electron chi connectivity index (χ2n) is 8.06. The number of para-hydroxylation sites is 1. The fourth-order valence-electron chi connectivity index (χ4n) is 3.49. The van der Waals surface area contributed by atoms with Crippen molar-refractivity contribution in [3.05, 3.63) is 59.2 Å². The van der Waals surface area contributed by atoms with Crippen LogP contribution in [0.25, 0.3) is 0 Å². The Bertz CT molecular complexity index is 802. The molecule has 27 heavy (non-hydrogen) atoms. The first-order valence-corrected chi connectivity index (χ1v) is 9.58. The van der Waals surface area contributed by atoms with Gasteiger partial charge in [0.25, 0.3) is 5.91 Å². The van der Waals surface area contributed by atoms with E-state index < -0.39 is 0 Å². The second-order valence-corrected chi connectivity index (χ2v) is 8.06. The summed E-state index contributed by atoms with van der Waals surface area (Å²) in [7, 11) is 1.64. The molecule has 0 atom stereocenters. The number of benzene rings is 2. The lowest BCUT2D eigenvalue weighted by atomic mass is 9.86. The maximum absolute atomic E-state index is 12.7. The van der Waals surface area contributed by atoms with Gasteiger partial charge in [-0.15, -0.1) is 0 Å². The van der Waals surface area contributed by atoms with Crippen LogP contribution in [-0.4, -0.2) is 31.0 Å². The van der Waals surface area contributed by atoms with Crippen LogP contribution in [0, 0.1) is 0 Å². The van der Waals surface area contributed by atoms with Crippen LogP contribution >= 0.6 is 0 Å². The average Bonchev–Trinajstić information content (AvgIpc) is 3.19. The van der Waals surface area contributed by atoms with Crippen molar-refractivity contribution in [2.45, 2.75) is 45.6 Å². The van der Waals surface area contributed by atoms with Crippen molar-refractivity contribution in [3.8, 4) is 11.5 Å². The molecule has 1 fully saturated rings. The Kier molecular flexibility index (Phi) is 5.73. The maximum Gasteiger partial charge on any atom is 0.253 e. The highest BCUT2D eigenvalue weighted by atomic mass is 16.5. The van der Waals surface area contributed by atoms with Gasteiger partial charge in [-0.3, -0.25) is 4.79 Å².